The molecule has 2 rings (SSSR count). The third-order valence-electron chi connectivity index (χ3n) is 3.96. The summed E-state index contributed by atoms with van der Waals surface area (Å²) in [5.41, 5.74) is -0.671. The zero-order valence-electron chi connectivity index (χ0n) is 10.9. The van der Waals surface area contributed by atoms with Crippen molar-refractivity contribution in [2.24, 2.45) is 5.92 Å². The number of ether oxygens (including phenoxy) is 1. The van der Waals surface area contributed by atoms with Crippen LogP contribution in [0.5, 0.6) is 0 Å². The molecule has 0 radical (unpaired) electrons. The Morgan fingerprint density at radius 2 is 2.11 bits per heavy atom. The van der Waals surface area contributed by atoms with E-state index < -0.39 is 5.54 Å². The van der Waals surface area contributed by atoms with Crippen molar-refractivity contribution in [3.63, 3.8) is 0 Å². The van der Waals surface area contributed by atoms with E-state index in [1.165, 1.54) is 0 Å². The van der Waals surface area contributed by atoms with Crippen molar-refractivity contribution in [3.8, 4) is 6.07 Å². The Morgan fingerprint density at radius 3 is 2.67 bits per heavy atom. The van der Waals surface area contributed by atoms with E-state index >= 15 is 0 Å². The number of urea groups is 1. The van der Waals surface area contributed by atoms with Crippen LogP contribution >= 0.6 is 0 Å². The van der Waals surface area contributed by atoms with Crippen molar-refractivity contribution in [1.82, 2.24) is 10.6 Å². The lowest BCUT2D eigenvalue weighted by atomic mass is 9.78. The Balaban J connectivity index is 1.85. The fourth-order valence-electron chi connectivity index (χ4n) is 2.61. The van der Waals surface area contributed by atoms with Gasteiger partial charge in [-0.2, -0.15) is 5.26 Å². The first-order valence-electron chi connectivity index (χ1n) is 6.71. The second-order valence-electron chi connectivity index (χ2n) is 5.54. The highest BCUT2D eigenvalue weighted by Crippen LogP contribution is 2.31. The molecule has 5 nitrogen and oxygen atoms in total. The van der Waals surface area contributed by atoms with Crippen LogP contribution in [0.2, 0.25) is 0 Å². The first-order chi connectivity index (χ1) is 8.63. The lowest BCUT2D eigenvalue weighted by Gasteiger charge is -2.34. The number of carbonyl (C=O) groups is 1. The van der Waals surface area contributed by atoms with Gasteiger partial charge >= 0.3 is 6.03 Å². The average molecular weight is 251 g/mol. The molecule has 0 aromatic rings. The number of amides is 2. The van der Waals surface area contributed by atoms with Crippen molar-refractivity contribution in [3.05, 3.63) is 0 Å². The third kappa shape index (κ3) is 3.14. The van der Waals surface area contributed by atoms with E-state index in [0.29, 0.717) is 19.1 Å². The van der Waals surface area contributed by atoms with Crippen LogP contribution < -0.4 is 10.6 Å². The second-order valence-corrected chi connectivity index (χ2v) is 5.54. The molecule has 1 aliphatic carbocycles. The van der Waals surface area contributed by atoms with Crippen LogP contribution in [0.15, 0.2) is 0 Å². The predicted molar refractivity (Wildman–Crippen MR) is 66.9 cm³/mol. The molecule has 1 unspecified atom stereocenters. The van der Waals surface area contributed by atoms with Crippen LogP contribution in [0.4, 0.5) is 4.79 Å². The maximum Gasteiger partial charge on any atom is 0.316 e. The fourth-order valence-corrected chi connectivity index (χ4v) is 2.61. The summed E-state index contributed by atoms with van der Waals surface area (Å²) >= 11 is 0. The molecule has 18 heavy (non-hydrogen) atoms. The van der Waals surface area contributed by atoms with Gasteiger partial charge in [0.2, 0.25) is 0 Å². The van der Waals surface area contributed by atoms with Gasteiger partial charge < -0.3 is 15.4 Å². The monoisotopic (exact) mass is 251 g/mol. The SMILES string of the molecule is CC1CCC(C#N)(NC(=O)NC2CCOC2)CC1. The van der Waals surface area contributed by atoms with E-state index in [-0.39, 0.29) is 12.1 Å². The maximum atomic E-state index is 11.9. The van der Waals surface area contributed by atoms with Gasteiger partial charge in [-0.25, -0.2) is 4.79 Å². The van der Waals surface area contributed by atoms with Gasteiger partial charge in [-0.1, -0.05) is 6.92 Å². The number of nitrogens with one attached hydrogen (secondary N) is 2. The molecule has 0 bridgehead atoms. The molecule has 1 saturated carbocycles. The number of nitriles is 1. The Kier molecular flexibility index (Phi) is 4.07. The van der Waals surface area contributed by atoms with E-state index in [2.05, 4.69) is 23.6 Å². The van der Waals surface area contributed by atoms with Crippen molar-refractivity contribution in [2.75, 3.05) is 13.2 Å². The minimum Gasteiger partial charge on any atom is -0.379 e. The topological polar surface area (TPSA) is 74.2 Å². The lowest BCUT2D eigenvalue weighted by molar-refractivity contribution is 0.185. The zero-order chi connectivity index (χ0) is 13.0. The third-order valence-corrected chi connectivity index (χ3v) is 3.96. The Morgan fingerprint density at radius 1 is 1.39 bits per heavy atom. The quantitative estimate of drug-likeness (QED) is 0.782. The van der Waals surface area contributed by atoms with E-state index in [4.69, 9.17) is 4.74 Å². The van der Waals surface area contributed by atoms with Gasteiger partial charge in [-0.15, -0.1) is 0 Å². The second kappa shape index (κ2) is 5.57. The van der Waals surface area contributed by atoms with Crippen molar-refractivity contribution >= 4 is 6.03 Å². The number of hydrogen-bond donors (Lipinski definition) is 2. The molecule has 0 aromatic heterocycles. The summed E-state index contributed by atoms with van der Waals surface area (Å²) in [6.07, 6.45) is 4.35. The smallest absolute Gasteiger partial charge is 0.316 e. The summed E-state index contributed by atoms with van der Waals surface area (Å²) in [4.78, 5) is 11.9. The van der Waals surface area contributed by atoms with Gasteiger partial charge in [-0.05, 0) is 38.0 Å². The van der Waals surface area contributed by atoms with Gasteiger partial charge in [-0.3, -0.25) is 0 Å². The number of hydrogen-bond acceptors (Lipinski definition) is 3. The highest BCUT2D eigenvalue weighted by Gasteiger charge is 2.36. The highest BCUT2D eigenvalue weighted by molar-refractivity contribution is 5.75. The molecule has 2 aliphatic rings. The van der Waals surface area contributed by atoms with E-state index in [9.17, 15) is 10.1 Å². The molecular weight excluding hydrogens is 230 g/mol. The first kappa shape index (κ1) is 13.2. The summed E-state index contributed by atoms with van der Waals surface area (Å²) in [5.74, 6) is 0.652. The standard InChI is InChI=1S/C13H21N3O2/c1-10-2-5-13(9-14,6-3-10)16-12(17)15-11-4-7-18-8-11/h10-11H,2-8H2,1H3,(H2,15,16,17). The molecular formula is C13H21N3O2. The van der Waals surface area contributed by atoms with E-state index in [1.807, 2.05) is 0 Å². The first-order valence-corrected chi connectivity index (χ1v) is 6.71. The normalized spacial score (nSPS) is 35.8. The largest absolute Gasteiger partial charge is 0.379 e. The van der Waals surface area contributed by atoms with Crippen LogP contribution in [-0.4, -0.2) is 30.8 Å². The van der Waals surface area contributed by atoms with Crippen LogP contribution in [0, 0.1) is 17.2 Å². The summed E-state index contributed by atoms with van der Waals surface area (Å²) in [6.45, 7) is 3.47. The van der Waals surface area contributed by atoms with Crippen molar-refractivity contribution in [1.29, 1.82) is 5.26 Å². The molecule has 5 heteroatoms. The number of carbonyl (C=O) groups excluding carboxylic acids is 1. The van der Waals surface area contributed by atoms with Crippen LogP contribution in [0.1, 0.15) is 39.0 Å². The molecule has 2 amide bonds. The van der Waals surface area contributed by atoms with Crippen LogP contribution in [0.3, 0.4) is 0 Å². The summed E-state index contributed by atoms with van der Waals surface area (Å²) < 4.78 is 5.21. The molecule has 0 spiro atoms. The van der Waals surface area contributed by atoms with Crippen molar-refractivity contribution < 1.29 is 9.53 Å². The van der Waals surface area contributed by atoms with Gasteiger partial charge in [0.25, 0.3) is 0 Å². The van der Waals surface area contributed by atoms with Crippen LogP contribution in [0.25, 0.3) is 0 Å². The van der Waals surface area contributed by atoms with E-state index in [0.717, 1.165) is 32.1 Å². The molecule has 1 saturated heterocycles. The molecule has 100 valence electrons. The minimum absolute atomic E-state index is 0.0863. The molecule has 2 N–H and O–H groups in total. The van der Waals surface area contributed by atoms with Gasteiger partial charge in [0.05, 0.1) is 18.7 Å². The average Bonchev–Trinajstić information content (AvgIpc) is 2.85. The lowest BCUT2D eigenvalue weighted by Crippen LogP contribution is -2.54. The molecule has 2 fully saturated rings. The number of nitrogens with zero attached hydrogens (tertiary/aromatic N) is 1. The predicted octanol–water partition coefficient (Wildman–Crippen LogP) is 1.55. The maximum absolute atomic E-state index is 11.9. The highest BCUT2D eigenvalue weighted by atomic mass is 16.5. The Bertz CT molecular complexity index is 337. The molecule has 1 heterocycles. The van der Waals surface area contributed by atoms with Gasteiger partial charge in [0.15, 0.2) is 0 Å². The van der Waals surface area contributed by atoms with Crippen molar-refractivity contribution in [2.45, 2.75) is 50.6 Å². The van der Waals surface area contributed by atoms with Gasteiger partial charge in [0.1, 0.15) is 5.54 Å². The summed E-state index contributed by atoms with van der Waals surface area (Å²) in [5, 5.41) is 15.1. The minimum atomic E-state index is -0.671. The summed E-state index contributed by atoms with van der Waals surface area (Å²) in [6, 6.07) is 2.14. The molecule has 1 atom stereocenters. The summed E-state index contributed by atoms with van der Waals surface area (Å²) in [7, 11) is 0. The zero-order valence-corrected chi connectivity index (χ0v) is 10.9. The Labute approximate surface area is 108 Å². The number of rotatable bonds is 2. The van der Waals surface area contributed by atoms with E-state index in [1.54, 1.807) is 0 Å². The molecule has 0 aromatic carbocycles. The van der Waals surface area contributed by atoms with Crippen LogP contribution in [-0.2, 0) is 4.74 Å². The van der Waals surface area contributed by atoms with Gasteiger partial charge in [0, 0.05) is 6.61 Å². The Hall–Kier alpha value is -1.28. The molecule has 1 aliphatic heterocycles. The fraction of sp³-hybridized carbons (Fsp3) is 0.846.